The van der Waals surface area contributed by atoms with E-state index >= 15 is 0 Å². The van der Waals surface area contributed by atoms with Crippen molar-refractivity contribution >= 4 is 29.4 Å². The molecule has 1 fully saturated rings. The van der Waals surface area contributed by atoms with Gasteiger partial charge in [-0.15, -0.1) is 0 Å². The quantitative estimate of drug-likeness (QED) is 0.815. The zero-order chi connectivity index (χ0) is 18.1. The van der Waals surface area contributed by atoms with Crippen LogP contribution in [0.5, 0.6) is 0 Å². The standard InChI is InChI=1S/C19H22N4O2S/c1-12-5-4-8-14(9-12)23-17(15-10-26-11-16(15)22-23)21-19(25)18(24)20-13-6-2-3-7-13/h4-5,8-9,13H,2-3,6-7,10-11H2,1H3,(H,20,24)(H,21,25). The van der Waals surface area contributed by atoms with Crippen LogP contribution in [-0.2, 0) is 21.1 Å². The van der Waals surface area contributed by atoms with Crippen molar-refractivity contribution in [3.63, 3.8) is 0 Å². The van der Waals surface area contributed by atoms with E-state index in [1.807, 2.05) is 31.2 Å². The average molecular weight is 370 g/mol. The fraction of sp³-hybridized carbons (Fsp3) is 0.421. The maximum atomic E-state index is 12.5. The molecular formula is C19H22N4O2S. The van der Waals surface area contributed by atoms with Crippen LogP contribution in [0.25, 0.3) is 5.69 Å². The Kier molecular flexibility index (Phi) is 4.72. The number of hydrogen-bond acceptors (Lipinski definition) is 4. The molecule has 0 radical (unpaired) electrons. The van der Waals surface area contributed by atoms with Gasteiger partial charge in [0, 0.05) is 23.1 Å². The van der Waals surface area contributed by atoms with Gasteiger partial charge in [0.25, 0.3) is 0 Å². The van der Waals surface area contributed by atoms with E-state index < -0.39 is 11.8 Å². The maximum absolute atomic E-state index is 12.5. The van der Waals surface area contributed by atoms with Crippen LogP contribution < -0.4 is 10.6 Å². The number of thioether (sulfide) groups is 1. The summed E-state index contributed by atoms with van der Waals surface area (Å²) in [4.78, 5) is 24.7. The Bertz CT molecular complexity index is 855. The summed E-state index contributed by atoms with van der Waals surface area (Å²) in [6, 6.07) is 8.07. The zero-order valence-electron chi connectivity index (χ0n) is 14.7. The molecule has 4 rings (SSSR count). The maximum Gasteiger partial charge on any atom is 0.314 e. The molecule has 26 heavy (non-hydrogen) atoms. The summed E-state index contributed by atoms with van der Waals surface area (Å²) >= 11 is 1.76. The van der Waals surface area contributed by atoms with Crippen molar-refractivity contribution in [1.82, 2.24) is 15.1 Å². The van der Waals surface area contributed by atoms with Crippen molar-refractivity contribution < 1.29 is 9.59 Å². The van der Waals surface area contributed by atoms with Gasteiger partial charge >= 0.3 is 11.8 Å². The van der Waals surface area contributed by atoms with E-state index in [9.17, 15) is 9.59 Å². The second-order valence-corrected chi connectivity index (χ2v) is 7.91. The number of anilines is 1. The molecule has 2 N–H and O–H groups in total. The summed E-state index contributed by atoms with van der Waals surface area (Å²) < 4.78 is 1.75. The fourth-order valence-corrected chi connectivity index (χ4v) is 4.61. The Balaban J connectivity index is 1.59. The summed E-state index contributed by atoms with van der Waals surface area (Å²) in [5.74, 6) is 1.05. The molecule has 0 spiro atoms. The van der Waals surface area contributed by atoms with Crippen molar-refractivity contribution in [2.24, 2.45) is 0 Å². The van der Waals surface area contributed by atoms with Crippen LogP contribution in [0.3, 0.4) is 0 Å². The normalized spacial score (nSPS) is 16.5. The zero-order valence-corrected chi connectivity index (χ0v) is 15.6. The summed E-state index contributed by atoms with van der Waals surface area (Å²) in [7, 11) is 0. The van der Waals surface area contributed by atoms with Gasteiger partial charge in [-0.25, -0.2) is 4.68 Å². The van der Waals surface area contributed by atoms with E-state index in [0.717, 1.165) is 59.7 Å². The molecule has 0 saturated heterocycles. The van der Waals surface area contributed by atoms with Gasteiger partial charge in [0.2, 0.25) is 0 Å². The molecule has 2 aromatic rings. The first-order valence-corrected chi connectivity index (χ1v) is 10.1. The Labute approximate surface area is 156 Å². The highest BCUT2D eigenvalue weighted by Gasteiger charge is 2.27. The van der Waals surface area contributed by atoms with Crippen LogP contribution >= 0.6 is 11.8 Å². The molecule has 0 unspecified atom stereocenters. The SMILES string of the molecule is Cc1cccc(-n2nc3c(c2NC(=O)C(=O)NC2CCCC2)CSC3)c1. The van der Waals surface area contributed by atoms with E-state index in [-0.39, 0.29) is 6.04 Å². The number of nitrogens with one attached hydrogen (secondary N) is 2. The third-order valence-electron chi connectivity index (χ3n) is 4.93. The van der Waals surface area contributed by atoms with Gasteiger partial charge in [-0.05, 0) is 37.5 Å². The molecule has 2 heterocycles. The molecular weight excluding hydrogens is 348 g/mol. The van der Waals surface area contributed by atoms with Crippen LogP contribution in [0, 0.1) is 6.92 Å². The number of benzene rings is 1. The molecule has 0 atom stereocenters. The minimum absolute atomic E-state index is 0.121. The number of carbonyl (C=O) groups excluding carboxylic acids is 2. The second kappa shape index (κ2) is 7.15. The molecule has 1 aromatic carbocycles. The van der Waals surface area contributed by atoms with E-state index in [2.05, 4.69) is 15.7 Å². The topological polar surface area (TPSA) is 76.0 Å². The number of nitrogens with zero attached hydrogens (tertiary/aromatic N) is 2. The van der Waals surface area contributed by atoms with Gasteiger partial charge in [-0.2, -0.15) is 16.9 Å². The lowest BCUT2D eigenvalue weighted by atomic mass is 10.2. The molecule has 0 bridgehead atoms. The molecule has 136 valence electrons. The molecule has 1 saturated carbocycles. The van der Waals surface area contributed by atoms with Crippen molar-refractivity contribution in [2.45, 2.75) is 50.2 Å². The highest BCUT2D eigenvalue weighted by molar-refractivity contribution is 7.98. The molecule has 1 aliphatic carbocycles. The van der Waals surface area contributed by atoms with Gasteiger partial charge < -0.3 is 10.6 Å². The summed E-state index contributed by atoms with van der Waals surface area (Å²) in [5.41, 5.74) is 3.99. The lowest BCUT2D eigenvalue weighted by Crippen LogP contribution is -2.41. The first kappa shape index (κ1) is 17.1. The van der Waals surface area contributed by atoms with Crippen molar-refractivity contribution in [3.8, 4) is 5.69 Å². The van der Waals surface area contributed by atoms with E-state index in [1.54, 1.807) is 16.4 Å². The predicted octanol–water partition coefficient (Wildman–Crippen LogP) is 2.92. The minimum Gasteiger partial charge on any atom is -0.345 e. The Morgan fingerprint density at radius 2 is 2.00 bits per heavy atom. The monoisotopic (exact) mass is 370 g/mol. The summed E-state index contributed by atoms with van der Waals surface area (Å²) in [6.07, 6.45) is 4.12. The number of fused-ring (bicyclic) bond motifs is 1. The lowest BCUT2D eigenvalue weighted by molar-refractivity contribution is -0.136. The Morgan fingerprint density at radius 1 is 1.19 bits per heavy atom. The Hall–Kier alpha value is -2.28. The smallest absolute Gasteiger partial charge is 0.314 e. The number of amides is 2. The molecule has 1 aromatic heterocycles. The fourth-order valence-electron chi connectivity index (χ4n) is 3.57. The van der Waals surface area contributed by atoms with Crippen LogP contribution in [0.1, 0.15) is 42.5 Å². The number of hydrogen-bond donors (Lipinski definition) is 2. The first-order chi connectivity index (χ1) is 12.6. The number of aryl methyl sites for hydroxylation is 1. The molecule has 7 heteroatoms. The summed E-state index contributed by atoms with van der Waals surface area (Å²) in [6.45, 7) is 2.02. The van der Waals surface area contributed by atoms with Gasteiger partial charge in [0.05, 0.1) is 11.4 Å². The van der Waals surface area contributed by atoms with Gasteiger partial charge in [0.1, 0.15) is 5.82 Å². The second-order valence-electron chi connectivity index (χ2n) is 6.93. The van der Waals surface area contributed by atoms with E-state index in [4.69, 9.17) is 0 Å². The van der Waals surface area contributed by atoms with E-state index in [1.165, 1.54) is 0 Å². The first-order valence-electron chi connectivity index (χ1n) is 8.99. The molecule has 6 nitrogen and oxygen atoms in total. The van der Waals surface area contributed by atoms with Crippen LogP contribution in [-0.4, -0.2) is 27.6 Å². The minimum atomic E-state index is -0.620. The third-order valence-corrected chi connectivity index (χ3v) is 5.90. The van der Waals surface area contributed by atoms with Gasteiger partial charge in [0.15, 0.2) is 0 Å². The largest absolute Gasteiger partial charge is 0.345 e. The van der Waals surface area contributed by atoms with Crippen molar-refractivity contribution in [2.75, 3.05) is 5.32 Å². The van der Waals surface area contributed by atoms with E-state index in [0.29, 0.717) is 5.82 Å². The number of rotatable bonds is 3. The average Bonchev–Trinajstić information content (AvgIpc) is 3.33. The van der Waals surface area contributed by atoms with Crippen molar-refractivity contribution in [3.05, 3.63) is 41.1 Å². The highest BCUT2D eigenvalue weighted by Crippen LogP contribution is 2.36. The predicted molar refractivity (Wildman–Crippen MR) is 102 cm³/mol. The van der Waals surface area contributed by atoms with Crippen LogP contribution in [0.15, 0.2) is 24.3 Å². The summed E-state index contributed by atoms with van der Waals surface area (Å²) in [5, 5.41) is 10.3. The van der Waals surface area contributed by atoms with Gasteiger partial charge in [-0.3, -0.25) is 9.59 Å². The van der Waals surface area contributed by atoms with Crippen LogP contribution in [0.2, 0.25) is 0 Å². The lowest BCUT2D eigenvalue weighted by Gasteiger charge is -2.14. The van der Waals surface area contributed by atoms with Crippen molar-refractivity contribution in [1.29, 1.82) is 0 Å². The number of carbonyl (C=O) groups is 2. The number of aromatic nitrogens is 2. The Morgan fingerprint density at radius 3 is 2.77 bits per heavy atom. The van der Waals surface area contributed by atoms with Crippen LogP contribution in [0.4, 0.5) is 5.82 Å². The molecule has 2 aliphatic rings. The van der Waals surface area contributed by atoms with Gasteiger partial charge in [-0.1, -0.05) is 25.0 Å². The molecule has 2 amide bonds. The molecule has 1 aliphatic heterocycles. The third kappa shape index (κ3) is 3.35. The highest BCUT2D eigenvalue weighted by atomic mass is 32.2.